The van der Waals surface area contributed by atoms with Crippen molar-refractivity contribution in [3.63, 3.8) is 0 Å². The zero-order valence-electron chi connectivity index (χ0n) is 17.4. The fourth-order valence-electron chi connectivity index (χ4n) is 5.28. The van der Waals surface area contributed by atoms with E-state index in [1.165, 1.54) is 0 Å². The maximum absolute atomic E-state index is 13.4. The minimum Gasteiger partial charge on any atom is -0.357 e. The average Bonchev–Trinajstić information content (AvgIpc) is 3.32. The number of benzene rings is 2. The Kier molecular flexibility index (Phi) is 4.91. The van der Waals surface area contributed by atoms with Crippen LogP contribution in [0, 0.1) is 11.8 Å². The van der Waals surface area contributed by atoms with Crippen LogP contribution < -0.4 is 5.32 Å². The van der Waals surface area contributed by atoms with Crippen molar-refractivity contribution in [2.24, 2.45) is 11.8 Å². The predicted octanol–water partition coefficient (Wildman–Crippen LogP) is 3.37. The molecule has 0 aliphatic carbocycles. The number of halogens is 1. The molecule has 5 rings (SSSR count). The van der Waals surface area contributed by atoms with Gasteiger partial charge in [-0.05, 0) is 36.6 Å². The molecule has 4 unspecified atom stereocenters. The van der Waals surface area contributed by atoms with E-state index >= 15 is 0 Å². The van der Waals surface area contributed by atoms with Gasteiger partial charge in [-0.15, -0.1) is 0 Å². The third-order valence-corrected chi connectivity index (χ3v) is 6.98. The zero-order valence-corrected chi connectivity index (χ0v) is 18.1. The number of rotatable bonds is 6. The van der Waals surface area contributed by atoms with Gasteiger partial charge in [0.2, 0.25) is 11.8 Å². The van der Waals surface area contributed by atoms with Gasteiger partial charge in [-0.25, -0.2) is 0 Å². The van der Waals surface area contributed by atoms with Crippen LogP contribution in [0.25, 0.3) is 0 Å². The lowest BCUT2D eigenvalue weighted by Gasteiger charge is -2.29. The highest BCUT2D eigenvalue weighted by Crippen LogP contribution is 2.57. The van der Waals surface area contributed by atoms with Crippen molar-refractivity contribution in [2.45, 2.75) is 31.1 Å². The molecule has 160 valence electrons. The summed E-state index contributed by atoms with van der Waals surface area (Å²) >= 11 is 5.94. The van der Waals surface area contributed by atoms with Gasteiger partial charge < -0.3 is 15.0 Å². The number of likely N-dealkylation sites (tertiary alicyclic amines) is 1. The molecule has 2 amide bonds. The van der Waals surface area contributed by atoms with Gasteiger partial charge in [0.25, 0.3) is 0 Å². The lowest BCUT2D eigenvalue weighted by atomic mass is 9.72. The third kappa shape index (κ3) is 3.46. The summed E-state index contributed by atoms with van der Waals surface area (Å²) in [5.41, 5.74) is 0.714. The summed E-state index contributed by atoms with van der Waals surface area (Å²) in [6, 6.07) is 17.5. The van der Waals surface area contributed by atoms with Crippen LogP contribution in [0.1, 0.15) is 18.1 Å². The van der Waals surface area contributed by atoms with E-state index in [-0.39, 0.29) is 11.8 Å². The van der Waals surface area contributed by atoms with Gasteiger partial charge in [-0.1, -0.05) is 66.2 Å². The Morgan fingerprint density at radius 2 is 1.87 bits per heavy atom. The number of hydrogen-bond donors (Lipinski definition) is 1. The molecule has 0 aromatic heterocycles. The van der Waals surface area contributed by atoms with Gasteiger partial charge in [0.1, 0.15) is 5.60 Å². The predicted molar refractivity (Wildman–Crippen MR) is 118 cm³/mol. The molecule has 2 fully saturated rings. The van der Waals surface area contributed by atoms with Crippen LogP contribution in [-0.2, 0) is 27.3 Å². The first kappa shape index (κ1) is 20.3. The van der Waals surface area contributed by atoms with Crippen LogP contribution in [0.15, 0.2) is 66.7 Å². The van der Waals surface area contributed by atoms with Gasteiger partial charge >= 0.3 is 0 Å². The Balaban J connectivity index is 1.30. The summed E-state index contributed by atoms with van der Waals surface area (Å²) in [6.07, 6.45) is 4.66. The first-order valence-corrected chi connectivity index (χ1v) is 11.0. The van der Waals surface area contributed by atoms with E-state index in [0.717, 1.165) is 11.1 Å². The highest BCUT2D eigenvalue weighted by molar-refractivity contribution is 6.30. The van der Waals surface area contributed by atoms with Gasteiger partial charge in [0.15, 0.2) is 0 Å². The van der Waals surface area contributed by atoms with Crippen molar-refractivity contribution in [3.05, 3.63) is 82.9 Å². The molecule has 2 aromatic rings. The molecule has 4 atom stereocenters. The van der Waals surface area contributed by atoms with E-state index in [1.807, 2.05) is 78.6 Å². The lowest BCUT2D eigenvalue weighted by Crippen LogP contribution is -2.48. The number of amides is 2. The highest BCUT2D eigenvalue weighted by atomic mass is 35.5. The van der Waals surface area contributed by atoms with Crippen LogP contribution in [0.2, 0.25) is 5.02 Å². The summed E-state index contributed by atoms with van der Waals surface area (Å²) in [7, 11) is 0. The molecule has 6 heteroatoms. The largest absolute Gasteiger partial charge is 0.357 e. The Morgan fingerprint density at radius 1 is 1.13 bits per heavy atom. The number of fused-ring (bicyclic) bond motifs is 1. The molecule has 2 saturated heterocycles. The van der Waals surface area contributed by atoms with E-state index < -0.39 is 23.0 Å². The third-order valence-electron chi connectivity index (χ3n) is 6.72. The average molecular weight is 437 g/mol. The minimum absolute atomic E-state index is 0.00483. The number of nitrogens with one attached hydrogen (secondary N) is 1. The van der Waals surface area contributed by atoms with E-state index in [0.29, 0.717) is 31.1 Å². The number of nitrogens with zero attached hydrogens (tertiary/aromatic N) is 1. The SMILES string of the molecule is CC12C=CC3(CN(Cc4ccccc4)C(=O)C3C1C(=O)NCCc1ccc(Cl)cc1)O2. The Morgan fingerprint density at radius 3 is 2.61 bits per heavy atom. The highest BCUT2D eigenvalue weighted by Gasteiger charge is 2.71. The molecule has 3 heterocycles. The molecule has 3 aliphatic rings. The molecule has 2 aromatic carbocycles. The first-order valence-electron chi connectivity index (χ1n) is 10.7. The number of ether oxygens (including phenoxy) is 1. The Labute approximate surface area is 187 Å². The second kappa shape index (κ2) is 7.50. The summed E-state index contributed by atoms with van der Waals surface area (Å²) in [5.74, 6) is -1.14. The van der Waals surface area contributed by atoms with Crippen molar-refractivity contribution in [1.82, 2.24) is 10.2 Å². The van der Waals surface area contributed by atoms with Crippen molar-refractivity contribution >= 4 is 23.4 Å². The fourth-order valence-corrected chi connectivity index (χ4v) is 5.41. The molecule has 2 bridgehead atoms. The van der Waals surface area contributed by atoms with E-state index in [9.17, 15) is 9.59 Å². The van der Waals surface area contributed by atoms with Crippen molar-refractivity contribution in [1.29, 1.82) is 0 Å². The molecule has 3 aliphatic heterocycles. The summed E-state index contributed by atoms with van der Waals surface area (Å²) in [4.78, 5) is 28.4. The van der Waals surface area contributed by atoms with Gasteiger partial charge in [0, 0.05) is 18.1 Å². The molecular weight excluding hydrogens is 412 g/mol. The fraction of sp³-hybridized carbons (Fsp3) is 0.360. The van der Waals surface area contributed by atoms with E-state index in [2.05, 4.69) is 5.32 Å². The van der Waals surface area contributed by atoms with E-state index in [4.69, 9.17) is 16.3 Å². The molecule has 5 nitrogen and oxygen atoms in total. The number of carbonyl (C=O) groups excluding carboxylic acids is 2. The summed E-state index contributed by atoms with van der Waals surface area (Å²) in [5, 5.41) is 3.73. The quantitative estimate of drug-likeness (QED) is 0.706. The summed E-state index contributed by atoms with van der Waals surface area (Å²) < 4.78 is 6.37. The Bertz CT molecular complexity index is 1040. The topological polar surface area (TPSA) is 58.6 Å². The maximum atomic E-state index is 13.4. The first-order chi connectivity index (χ1) is 14.9. The zero-order chi connectivity index (χ0) is 21.6. The molecule has 0 saturated carbocycles. The van der Waals surface area contributed by atoms with Crippen LogP contribution in [0.3, 0.4) is 0 Å². The normalized spacial score (nSPS) is 30.6. The van der Waals surface area contributed by atoms with Crippen LogP contribution in [0.5, 0.6) is 0 Å². The molecular formula is C25H25ClN2O3. The van der Waals surface area contributed by atoms with Crippen molar-refractivity contribution < 1.29 is 14.3 Å². The number of carbonyl (C=O) groups is 2. The van der Waals surface area contributed by atoms with Crippen molar-refractivity contribution in [2.75, 3.05) is 13.1 Å². The molecule has 31 heavy (non-hydrogen) atoms. The maximum Gasteiger partial charge on any atom is 0.230 e. The van der Waals surface area contributed by atoms with Gasteiger partial charge in [-0.3, -0.25) is 9.59 Å². The monoisotopic (exact) mass is 436 g/mol. The lowest BCUT2D eigenvalue weighted by molar-refractivity contribution is -0.139. The molecule has 0 radical (unpaired) electrons. The Hall–Kier alpha value is -2.63. The smallest absolute Gasteiger partial charge is 0.230 e. The van der Waals surface area contributed by atoms with Crippen LogP contribution in [0.4, 0.5) is 0 Å². The second-order valence-electron chi connectivity index (χ2n) is 8.88. The number of hydrogen-bond acceptors (Lipinski definition) is 3. The second-order valence-corrected chi connectivity index (χ2v) is 9.31. The molecule has 1 N–H and O–H groups in total. The van der Waals surface area contributed by atoms with Crippen LogP contribution >= 0.6 is 11.6 Å². The van der Waals surface area contributed by atoms with Gasteiger partial charge in [0.05, 0.1) is 24.0 Å². The van der Waals surface area contributed by atoms with Crippen LogP contribution in [-0.4, -0.2) is 41.0 Å². The van der Waals surface area contributed by atoms with Crippen molar-refractivity contribution in [3.8, 4) is 0 Å². The standard InChI is InChI=1S/C25H25ClN2O3/c1-24-12-13-25(31-24)16-28(15-18-5-3-2-4-6-18)23(30)21(25)20(24)22(29)27-14-11-17-7-9-19(26)10-8-17/h2-10,12-13,20-21H,11,14-16H2,1H3,(H,27,29). The molecule has 1 spiro atoms. The van der Waals surface area contributed by atoms with E-state index in [1.54, 1.807) is 0 Å². The minimum atomic E-state index is -0.747. The summed E-state index contributed by atoms with van der Waals surface area (Å²) in [6.45, 7) is 3.41. The van der Waals surface area contributed by atoms with Gasteiger partial charge in [-0.2, -0.15) is 0 Å².